The quantitative estimate of drug-likeness (QED) is 0.668. The number of esters is 1. The summed E-state index contributed by atoms with van der Waals surface area (Å²) >= 11 is 0. The van der Waals surface area contributed by atoms with Crippen molar-refractivity contribution in [2.75, 3.05) is 6.61 Å². The van der Waals surface area contributed by atoms with Gasteiger partial charge in [-0.25, -0.2) is 18.6 Å². The van der Waals surface area contributed by atoms with E-state index in [0.717, 1.165) is 6.07 Å². The van der Waals surface area contributed by atoms with Crippen molar-refractivity contribution in [1.29, 1.82) is 0 Å². The van der Waals surface area contributed by atoms with E-state index in [1.54, 1.807) is 0 Å². The van der Waals surface area contributed by atoms with Crippen LogP contribution in [0, 0.1) is 0 Å². The van der Waals surface area contributed by atoms with Crippen LogP contribution in [0.1, 0.15) is 35.1 Å². The Morgan fingerprint density at radius 3 is 2.48 bits per heavy atom. The van der Waals surface area contributed by atoms with Crippen molar-refractivity contribution < 1.29 is 36.2 Å². The van der Waals surface area contributed by atoms with Crippen LogP contribution in [-0.2, 0) is 11.3 Å². The largest absolute Gasteiger partial charge is 0.573 e. The van der Waals surface area contributed by atoms with E-state index in [1.165, 1.54) is 6.92 Å². The highest BCUT2D eigenvalue weighted by Gasteiger charge is 2.35. The number of ether oxygens (including phenoxy) is 2. The molecule has 0 aliphatic heterocycles. The van der Waals surface area contributed by atoms with Crippen molar-refractivity contribution in [3.05, 3.63) is 23.0 Å². The lowest BCUT2D eigenvalue weighted by Gasteiger charge is -2.16. The van der Waals surface area contributed by atoms with Crippen LogP contribution in [0.5, 0.6) is 5.75 Å². The fourth-order valence-corrected chi connectivity index (χ4v) is 1.45. The summed E-state index contributed by atoms with van der Waals surface area (Å²) in [7, 11) is 0. The molecule has 0 spiro atoms. The highest BCUT2D eigenvalue weighted by molar-refractivity contribution is 5.87. The number of nitrogens with zero attached hydrogens (tertiary/aromatic N) is 1. The molecule has 0 aliphatic rings. The predicted octanol–water partition coefficient (Wildman–Crippen LogP) is 2.55. The monoisotopic (exact) mass is 314 g/mol. The first-order valence-electron chi connectivity index (χ1n) is 5.64. The highest BCUT2D eigenvalue weighted by atomic mass is 19.4. The molecule has 0 aromatic carbocycles. The second-order valence-corrected chi connectivity index (χ2v) is 3.65. The van der Waals surface area contributed by atoms with E-state index in [1.807, 2.05) is 0 Å². The topological polar surface area (TPSA) is 74.4 Å². The summed E-state index contributed by atoms with van der Waals surface area (Å²) in [5.41, 5.74) is 2.89. The summed E-state index contributed by atoms with van der Waals surface area (Å²) in [5, 5.41) is 0. The molecule has 0 atom stereocenters. The molecule has 0 aliphatic carbocycles. The van der Waals surface area contributed by atoms with Crippen molar-refractivity contribution in [1.82, 2.24) is 4.98 Å². The van der Waals surface area contributed by atoms with Gasteiger partial charge in [0.25, 0.3) is 6.43 Å². The molecule has 118 valence electrons. The van der Waals surface area contributed by atoms with E-state index in [0.29, 0.717) is 0 Å². The van der Waals surface area contributed by atoms with Gasteiger partial charge in [-0.1, -0.05) is 0 Å². The standard InChI is InChI=1S/C11H11F5N2O3/c1-2-20-10(19)6-3-5(4-17)8(21-11(14,15)16)7(18-6)9(12)13/h3,9H,2,4,17H2,1H3. The Kier molecular flexibility index (Phi) is 5.41. The van der Waals surface area contributed by atoms with E-state index >= 15 is 0 Å². The first kappa shape index (κ1) is 17.1. The Morgan fingerprint density at radius 1 is 1.43 bits per heavy atom. The van der Waals surface area contributed by atoms with Gasteiger partial charge in [-0.15, -0.1) is 13.2 Å². The summed E-state index contributed by atoms with van der Waals surface area (Å²) in [4.78, 5) is 14.6. The Balaban J connectivity index is 3.39. The molecule has 1 aromatic heterocycles. The maximum atomic E-state index is 12.8. The summed E-state index contributed by atoms with van der Waals surface area (Å²) in [6.07, 6.45) is -8.58. The van der Waals surface area contributed by atoms with Crippen LogP contribution in [0.4, 0.5) is 22.0 Å². The van der Waals surface area contributed by atoms with Crippen molar-refractivity contribution in [2.24, 2.45) is 5.73 Å². The molecule has 0 bridgehead atoms. The summed E-state index contributed by atoms with van der Waals surface area (Å²) in [5.74, 6) is -2.25. The molecule has 0 fully saturated rings. The van der Waals surface area contributed by atoms with Gasteiger partial charge in [0.15, 0.2) is 5.75 Å². The van der Waals surface area contributed by atoms with Crippen LogP contribution in [0.25, 0.3) is 0 Å². The molecule has 0 saturated carbocycles. The van der Waals surface area contributed by atoms with Gasteiger partial charge in [0, 0.05) is 12.1 Å². The maximum Gasteiger partial charge on any atom is 0.573 e. The third kappa shape index (κ3) is 4.52. The Hall–Kier alpha value is -1.97. The molecule has 1 rings (SSSR count). The number of rotatable bonds is 5. The van der Waals surface area contributed by atoms with Gasteiger partial charge in [-0.05, 0) is 13.0 Å². The number of nitrogens with two attached hydrogens (primary N) is 1. The van der Waals surface area contributed by atoms with Crippen LogP contribution < -0.4 is 10.5 Å². The fraction of sp³-hybridized carbons (Fsp3) is 0.455. The minimum absolute atomic E-state index is 0.0523. The van der Waals surface area contributed by atoms with Crippen LogP contribution >= 0.6 is 0 Å². The first-order valence-corrected chi connectivity index (χ1v) is 5.64. The minimum atomic E-state index is -5.19. The number of halogens is 5. The van der Waals surface area contributed by atoms with Gasteiger partial charge in [-0.3, -0.25) is 0 Å². The lowest BCUT2D eigenvalue weighted by atomic mass is 10.1. The zero-order valence-corrected chi connectivity index (χ0v) is 10.7. The molecule has 2 N–H and O–H groups in total. The maximum absolute atomic E-state index is 12.8. The van der Waals surface area contributed by atoms with Crippen LogP contribution in [0.2, 0.25) is 0 Å². The van der Waals surface area contributed by atoms with E-state index in [2.05, 4.69) is 14.5 Å². The number of alkyl halides is 5. The molecule has 0 saturated heterocycles. The minimum Gasteiger partial charge on any atom is -0.461 e. The average Bonchev–Trinajstić information content (AvgIpc) is 2.36. The van der Waals surface area contributed by atoms with Gasteiger partial charge >= 0.3 is 12.3 Å². The molecular formula is C11H11F5N2O3. The summed E-state index contributed by atoms with van der Waals surface area (Å²) in [6, 6.07) is 0.824. The predicted molar refractivity (Wildman–Crippen MR) is 59.7 cm³/mol. The SMILES string of the molecule is CCOC(=O)c1cc(CN)c(OC(F)(F)F)c(C(F)F)n1. The zero-order chi connectivity index (χ0) is 16.2. The summed E-state index contributed by atoms with van der Waals surface area (Å²) < 4.78 is 70.5. The number of aromatic nitrogens is 1. The third-order valence-corrected chi connectivity index (χ3v) is 2.21. The molecule has 0 unspecified atom stereocenters. The normalized spacial score (nSPS) is 11.6. The summed E-state index contributed by atoms with van der Waals surface area (Å²) in [6.45, 7) is 0.861. The van der Waals surface area contributed by atoms with Crippen molar-refractivity contribution >= 4 is 5.97 Å². The van der Waals surface area contributed by atoms with Gasteiger partial charge in [0.2, 0.25) is 0 Å². The highest BCUT2D eigenvalue weighted by Crippen LogP contribution is 2.35. The molecular weight excluding hydrogens is 303 g/mol. The van der Waals surface area contributed by atoms with E-state index in [9.17, 15) is 26.7 Å². The number of carbonyl (C=O) groups is 1. The second-order valence-electron chi connectivity index (χ2n) is 3.65. The number of hydrogen-bond acceptors (Lipinski definition) is 5. The van der Waals surface area contributed by atoms with Crippen LogP contribution in [0.15, 0.2) is 6.07 Å². The van der Waals surface area contributed by atoms with Gasteiger partial charge in [-0.2, -0.15) is 0 Å². The molecule has 1 aromatic rings. The average molecular weight is 314 g/mol. The van der Waals surface area contributed by atoms with Gasteiger partial charge < -0.3 is 15.2 Å². The number of carbonyl (C=O) groups excluding carboxylic acids is 1. The number of hydrogen-bond donors (Lipinski definition) is 1. The van der Waals surface area contributed by atoms with Crippen molar-refractivity contribution in [3.63, 3.8) is 0 Å². The van der Waals surface area contributed by atoms with E-state index < -0.39 is 48.0 Å². The smallest absolute Gasteiger partial charge is 0.461 e. The number of pyridine rings is 1. The van der Waals surface area contributed by atoms with Crippen molar-refractivity contribution in [3.8, 4) is 5.75 Å². The lowest BCUT2D eigenvalue weighted by Crippen LogP contribution is -2.22. The van der Waals surface area contributed by atoms with E-state index in [-0.39, 0.29) is 6.61 Å². The molecule has 5 nitrogen and oxygen atoms in total. The lowest BCUT2D eigenvalue weighted by molar-refractivity contribution is -0.275. The van der Waals surface area contributed by atoms with Crippen LogP contribution in [0.3, 0.4) is 0 Å². The molecule has 21 heavy (non-hydrogen) atoms. The Bertz CT molecular complexity index is 519. The van der Waals surface area contributed by atoms with Crippen molar-refractivity contribution in [2.45, 2.75) is 26.3 Å². The Morgan fingerprint density at radius 2 is 2.05 bits per heavy atom. The van der Waals surface area contributed by atoms with E-state index in [4.69, 9.17) is 5.73 Å². The first-order chi connectivity index (χ1) is 9.69. The second kappa shape index (κ2) is 6.66. The van der Waals surface area contributed by atoms with Gasteiger partial charge in [0.05, 0.1) is 6.61 Å². The van der Waals surface area contributed by atoms with Gasteiger partial charge in [0.1, 0.15) is 11.4 Å². The third-order valence-electron chi connectivity index (χ3n) is 2.21. The fourth-order valence-electron chi connectivity index (χ4n) is 1.45. The molecule has 1 heterocycles. The van der Waals surface area contributed by atoms with Crippen LogP contribution in [-0.4, -0.2) is 23.9 Å². The molecule has 0 amide bonds. The molecule has 0 radical (unpaired) electrons. The molecule has 10 heteroatoms. The zero-order valence-electron chi connectivity index (χ0n) is 10.7. The Labute approximate surface area is 115 Å².